The number of aromatic nitrogens is 3. The van der Waals surface area contributed by atoms with Crippen molar-refractivity contribution in [2.45, 2.75) is 27.2 Å². The molecule has 0 radical (unpaired) electrons. The van der Waals surface area contributed by atoms with Crippen LogP contribution in [0.5, 0.6) is 0 Å². The van der Waals surface area contributed by atoms with E-state index in [4.69, 9.17) is 4.42 Å². The van der Waals surface area contributed by atoms with Crippen LogP contribution in [0.1, 0.15) is 26.7 Å². The highest BCUT2D eigenvalue weighted by Crippen LogP contribution is 2.16. The zero-order valence-electron chi connectivity index (χ0n) is 11.9. The Kier molecular flexibility index (Phi) is 4.12. The molecule has 1 N–H and O–H groups in total. The van der Waals surface area contributed by atoms with Crippen molar-refractivity contribution in [3.05, 3.63) is 30.4 Å². The average molecular weight is 274 g/mol. The van der Waals surface area contributed by atoms with Gasteiger partial charge in [-0.2, -0.15) is 0 Å². The molecule has 20 heavy (non-hydrogen) atoms. The van der Waals surface area contributed by atoms with Crippen LogP contribution in [-0.4, -0.2) is 27.6 Å². The minimum absolute atomic E-state index is 0.00416. The summed E-state index contributed by atoms with van der Waals surface area (Å²) in [5.41, 5.74) is 0.389. The van der Waals surface area contributed by atoms with E-state index >= 15 is 0 Å². The lowest BCUT2D eigenvalue weighted by Gasteiger charge is -2.16. The van der Waals surface area contributed by atoms with Crippen LogP contribution in [0, 0.1) is 5.41 Å². The summed E-state index contributed by atoms with van der Waals surface area (Å²) < 4.78 is 5.52. The van der Waals surface area contributed by atoms with Gasteiger partial charge in [-0.25, -0.2) is 0 Å². The van der Waals surface area contributed by atoms with E-state index in [2.05, 4.69) is 20.5 Å². The number of hydrogen-bond acceptors (Lipinski definition) is 5. The fourth-order valence-electron chi connectivity index (χ4n) is 1.51. The molecule has 2 aromatic rings. The van der Waals surface area contributed by atoms with E-state index < -0.39 is 5.41 Å². The summed E-state index contributed by atoms with van der Waals surface area (Å²) in [5.74, 6) is 0.942. The maximum Gasteiger partial charge on any atom is 0.249 e. The quantitative estimate of drug-likeness (QED) is 0.920. The average Bonchev–Trinajstić information content (AvgIpc) is 2.87. The van der Waals surface area contributed by atoms with Gasteiger partial charge in [0.15, 0.2) is 0 Å². The van der Waals surface area contributed by atoms with Crippen molar-refractivity contribution in [2.75, 3.05) is 6.54 Å². The molecule has 2 rings (SSSR count). The maximum absolute atomic E-state index is 11.7. The Hall–Kier alpha value is -2.24. The monoisotopic (exact) mass is 274 g/mol. The molecule has 0 aromatic carbocycles. The fourth-order valence-corrected chi connectivity index (χ4v) is 1.51. The first-order valence-electron chi connectivity index (χ1n) is 6.48. The number of rotatable bonds is 4. The van der Waals surface area contributed by atoms with Gasteiger partial charge in [0.2, 0.25) is 17.7 Å². The van der Waals surface area contributed by atoms with Gasteiger partial charge in [-0.05, 0) is 12.1 Å². The van der Waals surface area contributed by atoms with Gasteiger partial charge in [0.25, 0.3) is 0 Å². The zero-order chi connectivity index (χ0) is 14.6. The Morgan fingerprint density at radius 2 is 2.15 bits per heavy atom. The molecule has 0 bridgehead atoms. The molecule has 0 atom stereocenters. The van der Waals surface area contributed by atoms with Crippen molar-refractivity contribution >= 4 is 5.91 Å². The van der Waals surface area contributed by atoms with Crippen LogP contribution >= 0.6 is 0 Å². The number of hydrogen-bond donors (Lipinski definition) is 1. The second-order valence-corrected chi connectivity index (χ2v) is 5.50. The normalized spacial score (nSPS) is 11.3. The maximum atomic E-state index is 11.7. The highest BCUT2D eigenvalue weighted by molar-refractivity contribution is 5.81. The molecule has 0 saturated carbocycles. The first kappa shape index (κ1) is 14.2. The Labute approximate surface area is 117 Å². The number of nitrogens with one attached hydrogen (secondary N) is 1. The molecule has 0 saturated heterocycles. The second-order valence-electron chi connectivity index (χ2n) is 5.50. The summed E-state index contributed by atoms with van der Waals surface area (Å²) >= 11 is 0. The molecule has 6 heteroatoms. The fraction of sp³-hybridized carbons (Fsp3) is 0.429. The van der Waals surface area contributed by atoms with Crippen LogP contribution in [0.3, 0.4) is 0 Å². The lowest BCUT2D eigenvalue weighted by Crippen LogP contribution is -2.35. The van der Waals surface area contributed by atoms with Crippen LogP contribution in [-0.2, 0) is 11.2 Å². The number of nitrogens with zero attached hydrogens (tertiary/aromatic N) is 3. The standard InChI is InChI=1S/C14H18N4O2/c1-14(2,3)13(19)16-8-6-11-17-18-12(20-11)10-5-4-7-15-9-10/h4-5,7,9H,6,8H2,1-3H3,(H,16,19). The van der Waals surface area contributed by atoms with Crippen LogP contribution in [0.25, 0.3) is 11.5 Å². The minimum atomic E-state index is -0.393. The molecule has 1 amide bonds. The molecular weight excluding hydrogens is 256 g/mol. The van der Waals surface area contributed by atoms with Gasteiger partial charge >= 0.3 is 0 Å². The highest BCUT2D eigenvalue weighted by Gasteiger charge is 2.20. The molecule has 0 aliphatic rings. The van der Waals surface area contributed by atoms with Crippen molar-refractivity contribution in [3.8, 4) is 11.5 Å². The van der Waals surface area contributed by atoms with Gasteiger partial charge < -0.3 is 9.73 Å². The summed E-state index contributed by atoms with van der Waals surface area (Å²) in [6, 6.07) is 3.66. The molecule has 0 aliphatic heterocycles. The lowest BCUT2D eigenvalue weighted by atomic mass is 9.96. The Morgan fingerprint density at radius 3 is 2.80 bits per heavy atom. The SMILES string of the molecule is CC(C)(C)C(=O)NCCc1nnc(-c2cccnc2)o1. The molecule has 6 nitrogen and oxygen atoms in total. The topological polar surface area (TPSA) is 80.9 Å². The third-order valence-corrected chi connectivity index (χ3v) is 2.68. The summed E-state index contributed by atoms with van der Waals surface area (Å²) in [6.07, 6.45) is 3.86. The van der Waals surface area contributed by atoms with Crippen LogP contribution in [0.4, 0.5) is 0 Å². The van der Waals surface area contributed by atoms with Crippen molar-refractivity contribution < 1.29 is 9.21 Å². The van der Waals surface area contributed by atoms with Gasteiger partial charge in [0.1, 0.15) is 0 Å². The zero-order valence-corrected chi connectivity index (χ0v) is 11.9. The van der Waals surface area contributed by atoms with E-state index in [0.29, 0.717) is 24.7 Å². The highest BCUT2D eigenvalue weighted by atomic mass is 16.4. The van der Waals surface area contributed by atoms with Crippen molar-refractivity contribution in [2.24, 2.45) is 5.41 Å². The molecule has 2 heterocycles. The largest absolute Gasteiger partial charge is 0.421 e. The predicted octanol–water partition coefficient (Wildman–Crippen LogP) is 1.84. The Balaban J connectivity index is 1.90. The first-order valence-corrected chi connectivity index (χ1v) is 6.48. The van der Waals surface area contributed by atoms with Gasteiger partial charge in [0.05, 0.1) is 5.56 Å². The summed E-state index contributed by atoms with van der Waals surface area (Å²) in [6.45, 7) is 6.09. The number of pyridine rings is 1. The van der Waals surface area contributed by atoms with E-state index in [1.165, 1.54) is 0 Å². The smallest absolute Gasteiger partial charge is 0.249 e. The first-order chi connectivity index (χ1) is 9.47. The lowest BCUT2D eigenvalue weighted by molar-refractivity contribution is -0.128. The van der Waals surface area contributed by atoms with E-state index in [0.717, 1.165) is 5.56 Å². The van der Waals surface area contributed by atoms with Gasteiger partial charge in [-0.15, -0.1) is 10.2 Å². The van der Waals surface area contributed by atoms with Crippen LogP contribution in [0.2, 0.25) is 0 Å². The van der Waals surface area contributed by atoms with E-state index in [1.807, 2.05) is 32.9 Å². The van der Waals surface area contributed by atoms with Crippen LogP contribution in [0.15, 0.2) is 28.9 Å². The second kappa shape index (κ2) is 5.81. The molecule has 2 aromatic heterocycles. The van der Waals surface area contributed by atoms with Crippen molar-refractivity contribution in [1.82, 2.24) is 20.5 Å². The summed E-state index contributed by atoms with van der Waals surface area (Å²) in [5, 5.41) is 10.8. The molecule has 0 spiro atoms. The van der Waals surface area contributed by atoms with E-state index in [-0.39, 0.29) is 5.91 Å². The number of carbonyl (C=O) groups excluding carboxylic acids is 1. The van der Waals surface area contributed by atoms with Crippen molar-refractivity contribution in [1.29, 1.82) is 0 Å². The third kappa shape index (κ3) is 3.63. The third-order valence-electron chi connectivity index (χ3n) is 2.68. The van der Waals surface area contributed by atoms with E-state index in [1.54, 1.807) is 12.4 Å². The van der Waals surface area contributed by atoms with E-state index in [9.17, 15) is 4.79 Å². The predicted molar refractivity (Wildman–Crippen MR) is 73.7 cm³/mol. The molecule has 0 unspecified atom stereocenters. The minimum Gasteiger partial charge on any atom is -0.421 e. The van der Waals surface area contributed by atoms with Gasteiger partial charge in [-0.3, -0.25) is 9.78 Å². The Morgan fingerprint density at radius 1 is 1.35 bits per heavy atom. The molecular formula is C14H18N4O2. The Bertz CT molecular complexity index is 572. The summed E-state index contributed by atoms with van der Waals surface area (Å²) in [7, 11) is 0. The van der Waals surface area contributed by atoms with Crippen molar-refractivity contribution in [3.63, 3.8) is 0 Å². The molecule has 106 valence electrons. The number of amides is 1. The molecule has 0 fully saturated rings. The van der Waals surface area contributed by atoms with Crippen LogP contribution < -0.4 is 5.32 Å². The number of carbonyl (C=O) groups is 1. The van der Waals surface area contributed by atoms with Gasteiger partial charge in [-0.1, -0.05) is 20.8 Å². The molecule has 0 aliphatic carbocycles. The summed E-state index contributed by atoms with van der Waals surface area (Å²) in [4.78, 5) is 15.7. The van der Waals surface area contributed by atoms with Gasteiger partial charge in [0, 0.05) is 30.8 Å².